The van der Waals surface area contributed by atoms with Gasteiger partial charge in [-0.1, -0.05) is 17.7 Å². The number of halogens is 1. The van der Waals surface area contributed by atoms with Crippen LogP contribution >= 0.6 is 11.6 Å². The van der Waals surface area contributed by atoms with E-state index < -0.39 is 16.0 Å². The Morgan fingerprint density at radius 1 is 1.13 bits per heavy atom. The summed E-state index contributed by atoms with van der Waals surface area (Å²) in [6.45, 7) is 1.30. The summed E-state index contributed by atoms with van der Waals surface area (Å²) in [6.07, 6.45) is 0.756. The summed E-state index contributed by atoms with van der Waals surface area (Å²) in [7, 11) is -3.67. The third-order valence-electron chi connectivity index (χ3n) is 4.77. The van der Waals surface area contributed by atoms with Crippen molar-refractivity contribution >= 4 is 39.2 Å². The molecule has 1 unspecified atom stereocenters. The number of anilines is 1. The number of nitrogens with zero attached hydrogens (tertiary/aromatic N) is 1. The van der Waals surface area contributed by atoms with E-state index in [2.05, 4.69) is 10.1 Å². The van der Waals surface area contributed by atoms with Crippen LogP contribution in [0.3, 0.4) is 0 Å². The van der Waals surface area contributed by atoms with Crippen LogP contribution in [0.2, 0.25) is 5.02 Å². The molecule has 0 aromatic heterocycles. The van der Waals surface area contributed by atoms with Gasteiger partial charge in [-0.15, -0.1) is 0 Å². The standard InChI is InChI=1S/C20H22ClN3O5S.Na/c1-13(25)24(9-8-20(26)27)22-17-5-2-14-10-18(12-15(14)11-17)23-30(28,29)19-6-3-16(21)4-7-19;/h2-7,11,18,22-23H,8-10,12H2,1H3,(H,26,27);/q;+1/p-1. The summed E-state index contributed by atoms with van der Waals surface area (Å²) >= 11 is 5.82. The Kier molecular flexibility index (Phi) is 8.93. The molecule has 1 amide bonds. The molecule has 0 saturated carbocycles. The van der Waals surface area contributed by atoms with Crippen LogP contribution in [0.15, 0.2) is 47.4 Å². The fraction of sp³-hybridized carbons (Fsp3) is 0.300. The first kappa shape index (κ1) is 25.6. The smallest absolute Gasteiger partial charge is 0.550 e. The maximum absolute atomic E-state index is 12.6. The normalized spacial score (nSPS) is 15.0. The van der Waals surface area contributed by atoms with E-state index in [1.165, 1.54) is 36.2 Å². The van der Waals surface area contributed by atoms with Gasteiger partial charge in [0.05, 0.1) is 10.6 Å². The van der Waals surface area contributed by atoms with Crippen molar-refractivity contribution in [3.8, 4) is 0 Å². The van der Waals surface area contributed by atoms with Crippen molar-refractivity contribution in [2.75, 3.05) is 12.0 Å². The Hall–Kier alpha value is -1.62. The van der Waals surface area contributed by atoms with Crippen molar-refractivity contribution in [1.82, 2.24) is 9.73 Å². The Morgan fingerprint density at radius 3 is 2.39 bits per heavy atom. The molecular formula is C20H21ClN3NaO5S. The van der Waals surface area contributed by atoms with Crippen LogP contribution in [0, 0.1) is 0 Å². The molecule has 0 heterocycles. The zero-order valence-electron chi connectivity index (χ0n) is 17.2. The number of carboxylic acids is 1. The third-order valence-corrected chi connectivity index (χ3v) is 6.56. The summed E-state index contributed by atoms with van der Waals surface area (Å²) in [6, 6.07) is 11.1. The van der Waals surface area contributed by atoms with Crippen LogP contribution in [0.4, 0.5) is 5.69 Å². The number of amides is 1. The minimum atomic E-state index is -3.67. The van der Waals surface area contributed by atoms with Crippen LogP contribution < -0.4 is 44.8 Å². The molecule has 2 N–H and O–H groups in total. The average Bonchev–Trinajstić information content (AvgIpc) is 3.05. The van der Waals surface area contributed by atoms with E-state index in [0.29, 0.717) is 23.6 Å². The van der Waals surface area contributed by atoms with E-state index in [0.717, 1.165) is 11.1 Å². The fourth-order valence-corrected chi connectivity index (χ4v) is 4.69. The Balaban J connectivity index is 0.00000341. The van der Waals surface area contributed by atoms with Crippen LogP contribution in [0.1, 0.15) is 24.5 Å². The number of hydrogen-bond donors (Lipinski definition) is 2. The molecule has 0 fully saturated rings. The maximum Gasteiger partial charge on any atom is 1.00 e. The van der Waals surface area contributed by atoms with Crippen molar-refractivity contribution < 1.29 is 52.7 Å². The van der Waals surface area contributed by atoms with Crippen molar-refractivity contribution in [2.45, 2.75) is 37.1 Å². The van der Waals surface area contributed by atoms with Gasteiger partial charge in [0.25, 0.3) is 0 Å². The molecule has 0 radical (unpaired) electrons. The SMILES string of the molecule is CC(=O)N(CCC(=O)[O-])Nc1ccc2c(c1)CC(NS(=O)(=O)c1ccc(Cl)cc1)C2.[Na+]. The maximum atomic E-state index is 12.6. The first-order valence-corrected chi connectivity index (χ1v) is 11.1. The monoisotopic (exact) mass is 473 g/mol. The molecular weight excluding hydrogens is 453 g/mol. The van der Waals surface area contributed by atoms with Crippen LogP contribution in [0.5, 0.6) is 0 Å². The molecule has 0 spiro atoms. The van der Waals surface area contributed by atoms with E-state index in [1.54, 1.807) is 6.07 Å². The molecule has 1 aliphatic rings. The summed E-state index contributed by atoms with van der Waals surface area (Å²) in [4.78, 5) is 22.5. The fourth-order valence-electron chi connectivity index (χ4n) is 3.32. The number of carboxylic acid groups (broad SMARTS) is 1. The zero-order chi connectivity index (χ0) is 21.9. The number of sulfonamides is 1. The number of carbonyl (C=O) groups is 2. The molecule has 1 aliphatic carbocycles. The largest absolute Gasteiger partial charge is 1.00 e. The molecule has 2 aromatic rings. The second-order valence-corrected chi connectivity index (χ2v) is 9.22. The number of rotatable bonds is 8. The number of hydrazine groups is 1. The predicted molar refractivity (Wildman–Crippen MR) is 110 cm³/mol. The van der Waals surface area contributed by atoms with Gasteiger partial charge in [0.1, 0.15) is 0 Å². The molecule has 11 heteroatoms. The molecule has 160 valence electrons. The first-order chi connectivity index (χ1) is 14.1. The zero-order valence-corrected chi connectivity index (χ0v) is 20.8. The molecule has 2 aromatic carbocycles. The van der Waals surface area contributed by atoms with E-state index in [-0.39, 0.29) is 59.4 Å². The number of hydrogen-bond acceptors (Lipinski definition) is 6. The third kappa shape index (κ3) is 6.93. The number of fused-ring (bicyclic) bond motifs is 1. The van der Waals surface area contributed by atoms with Crippen molar-refractivity contribution in [1.29, 1.82) is 0 Å². The van der Waals surface area contributed by atoms with E-state index in [4.69, 9.17) is 11.6 Å². The molecule has 0 saturated heterocycles. The van der Waals surface area contributed by atoms with Crippen molar-refractivity contribution in [3.63, 3.8) is 0 Å². The Bertz CT molecular complexity index is 1060. The van der Waals surface area contributed by atoms with Gasteiger partial charge in [0, 0.05) is 36.9 Å². The summed E-state index contributed by atoms with van der Waals surface area (Å²) in [5.41, 5.74) is 5.47. The predicted octanol–water partition coefficient (Wildman–Crippen LogP) is -1.89. The second-order valence-electron chi connectivity index (χ2n) is 7.07. The van der Waals surface area contributed by atoms with Gasteiger partial charge in [-0.3, -0.25) is 15.2 Å². The van der Waals surface area contributed by atoms with E-state index >= 15 is 0 Å². The van der Waals surface area contributed by atoms with Gasteiger partial charge in [0.2, 0.25) is 15.9 Å². The summed E-state index contributed by atoms with van der Waals surface area (Å²) in [5, 5.41) is 12.3. The van der Waals surface area contributed by atoms with Crippen LogP contribution in [-0.4, -0.2) is 37.9 Å². The van der Waals surface area contributed by atoms with E-state index in [1.807, 2.05) is 12.1 Å². The second kappa shape index (κ2) is 10.8. The Morgan fingerprint density at radius 2 is 1.77 bits per heavy atom. The van der Waals surface area contributed by atoms with Crippen molar-refractivity contribution in [2.24, 2.45) is 0 Å². The average molecular weight is 474 g/mol. The number of benzene rings is 2. The van der Waals surface area contributed by atoms with Crippen LogP contribution in [-0.2, 0) is 32.5 Å². The molecule has 3 rings (SSSR count). The van der Waals surface area contributed by atoms with Gasteiger partial charge in [-0.05, 0) is 60.4 Å². The van der Waals surface area contributed by atoms with Gasteiger partial charge in [-0.2, -0.15) is 0 Å². The molecule has 31 heavy (non-hydrogen) atoms. The summed E-state index contributed by atoms with van der Waals surface area (Å²) in [5.74, 6) is -1.57. The number of nitrogens with one attached hydrogen (secondary N) is 2. The quantitative estimate of drug-likeness (QED) is 0.342. The van der Waals surface area contributed by atoms with Crippen molar-refractivity contribution in [3.05, 3.63) is 58.6 Å². The van der Waals surface area contributed by atoms with Crippen LogP contribution in [0.25, 0.3) is 0 Å². The molecule has 1 atom stereocenters. The minimum Gasteiger partial charge on any atom is -0.550 e. The molecule has 0 aliphatic heterocycles. The molecule has 0 bridgehead atoms. The number of aliphatic carboxylic acids is 1. The summed E-state index contributed by atoms with van der Waals surface area (Å²) < 4.78 is 27.9. The van der Waals surface area contributed by atoms with Gasteiger partial charge in [0.15, 0.2) is 0 Å². The Labute approximate surface area is 208 Å². The van der Waals surface area contributed by atoms with Gasteiger partial charge < -0.3 is 9.90 Å². The first-order valence-electron chi connectivity index (χ1n) is 9.28. The van der Waals surface area contributed by atoms with Gasteiger partial charge >= 0.3 is 29.6 Å². The van der Waals surface area contributed by atoms with Gasteiger partial charge in [-0.25, -0.2) is 13.1 Å². The minimum absolute atomic E-state index is 0. The topological polar surface area (TPSA) is 119 Å². The number of carbonyl (C=O) groups excluding carboxylic acids is 2. The molecule has 8 nitrogen and oxygen atoms in total. The van der Waals surface area contributed by atoms with E-state index in [9.17, 15) is 23.1 Å².